The zero-order chi connectivity index (χ0) is 22.1. The molecule has 0 radical (unpaired) electrons. The first-order valence-corrected chi connectivity index (χ1v) is 12.1. The van der Waals surface area contributed by atoms with E-state index in [4.69, 9.17) is 0 Å². The number of rotatable bonds is 6. The van der Waals surface area contributed by atoms with Crippen molar-refractivity contribution in [3.05, 3.63) is 35.5 Å². The predicted octanol–water partition coefficient (Wildman–Crippen LogP) is 6.12. The van der Waals surface area contributed by atoms with E-state index >= 15 is 0 Å². The summed E-state index contributed by atoms with van der Waals surface area (Å²) in [6, 6.07) is 0. The van der Waals surface area contributed by atoms with Gasteiger partial charge in [-0.2, -0.15) is 0 Å². The van der Waals surface area contributed by atoms with E-state index in [9.17, 15) is 15.0 Å². The lowest BCUT2D eigenvalue weighted by Crippen LogP contribution is -2.37. The van der Waals surface area contributed by atoms with Crippen molar-refractivity contribution in [2.24, 2.45) is 29.1 Å². The molecule has 0 aromatic heterocycles. The molecule has 3 saturated carbocycles. The summed E-state index contributed by atoms with van der Waals surface area (Å²) in [6.45, 7) is 13.3. The number of carbonyl (C=O) groups is 1. The van der Waals surface area contributed by atoms with Gasteiger partial charge >= 0.3 is 0 Å². The topological polar surface area (TPSA) is 57.5 Å². The molecule has 168 valence electrons. The monoisotopic (exact) mass is 414 g/mol. The Morgan fingerprint density at radius 3 is 2.57 bits per heavy atom. The summed E-state index contributed by atoms with van der Waals surface area (Å²) in [4.78, 5) is 13.2. The molecule has 0 saturated heterocycles. The van der Waals surface area contributed by atoms with E-state index in [1.807, 2.05) is 6.08 Å². The number of Topliss-reactive ketones (excluding diaryl/α,β-unsaturated/α-hetero) is 1. The normalized spacial score (nSPS) is 35.3. The highest BCUT2D eigenvalue weighted by atomic mass is 16.5. The number of fused-ring (bicyclic) bond motifs is 1. The van der Waals surface area contributed by atoms with Gasteiger partial charge in [-0.15, -0.1) is 0 Å². The zero-order valence-electron chi connectivity index (χ0n) is 19.5. The molecule has 0 bridgehead atoms. The van der Waals surface area contributed by atoms with Gasteiger partial charge in [-0.3, -0.25) is 4.79 Å². The van der Waals surface area contributed by atoms with Crippen molar-refractivity contribution >= 4 is 5.78 Å². The summed E-state index contributed by atoms with van der Waals surface area (Å²) in [7, 11) is 0. The highest BCUT2D eigenvalue weighted by molar-refractivity contribution is 5.85. The Hall–Kier alpha value is -1.19. The van der Waals surface area contributed by atoms with E-state index < -0.39 is 5.79 Å². The standard InChI is InChI=1S/C27H42O3/c1-18(2)8-6-9-20(4)25-24(28)16-23-21(10-7-14-26(23,25)5)11-12-22-17-27(29,30)15-13-19(22)3/h11-12,18,20,23,25,29-30H,3,6-10,13-17H2,1-2,4-5H3/b21-11+,22-12-/t20-,23+,25+,26-/m1/s1. The van der Waals surface area contributed by atoms with Crippen LogP contribution in [0.25, 0.3) is 0 Å². The van der Waals surface area contributed by atoms with Crippen molar-refractivity contribution in [1.82, 2.24) is 0 Å². The Kier molecular flexibility index (Phi) is 7.14. The van der Waals surface area contributed by atoms with Crippen molar-refractivity contribution in [1.29, 1.82) is 0 Å². The average Bonchev–Trinajstić information content (AvgIpc) is 2.92. The summed E-state index contributed by atoms with van der Waals surface area (Å²) in [5, 5.41) is 20.1. The molecule has 3 nitrogen and oxygen atoms in total. The first-order chi connectivity index (χ1) is 14.0. The molecule has 0 aromatic carbocycles. The van der Waals surface area contributed by atoms with E-state index in [1.165, 1.54) is 18.4 Å². The third-order valence-electron chi connectivity index (χ3n) is 8.15. The third-order valence-corrected chi connectivity index (χ3v) is 8.15. The Balaban J connectivity index is 1.78. The van der Waals surface area contributed by atoms with Crippen LogP contribution in [0.2, 0.25) is 0 Å². The molecule has 30 heavy (non-hydrogen) atoms. The first kappa shape index (κ1) is 23.5. The molecule has 3 rings (SSSR count). The summed E-state index contributed by atoms with van der Waals surface area (Å²) >= 11 is 0. The van der Waals surface area contributed by atoms with Crippen LogP contribution in [-0.2, 0) is 4.79 Å². The van der Waals surface area contributed by atoms with E-state index in [1.54, 1.807) is 0 Å². The lowest BCUT2D eigenvalue weighted by Gasteiger charge is -2.43. The van der Waals surface area contributed by atoms with Gasteiger partial charge in [0.15, 0.2) is 5.79 Å². The van der Waals surface area contributed by atoms with Gasteiger partial charge in [0.2, 0.25) is 0 Å². The Labute approximate surface area is 183 Å². The smallest absolute Gasteiger partial charge is 0.166 e. The Morgan fingerprint density at radius 1 is 1.13 bits per heavy atom. The molecule has 0 heterocycles. The average molecular weight is 415 g/mol. The summed E-state index contributed by atoms with van der Waals surface area (Å²) in [5.41, 5.74) is 3.39. The summed E-state index contributed by atoms with van der Waals surface area (Å²) in [5.74, 6) is 0.532. The lowest BCUT2D eigenvalue weighted by molar-refractivity contribution is -0.167. The van der Waals surface area contributed by atoms with Gasteiger partial charge < -0.3 is 10.2 Å². The van der Waals surface area contributed by atoms with Gasteiger partial charge in [0.25, 0.3) is 0 Å². The van der Waals surface area contributed by atoms with Crippen molar-refractivity contribution in [2.75, 3.05) is 0 Å². The van der Waals surface area contributed by atoms with Crippen LogP contribution < -0.4 is 0 Å². The van der Waals surface area contributed by atoms with E-state index in [-0.39, 0.29) is 17.8 Å². The lowest BCUT2D eigenvalue weighted by atomic mass is 9.60. The van der Waals surface area contributed by atoms with Crippen LogP contribution in [0.1, 0.15) is 91.9 Å². The fourth-order valence-corrected chi connectivity index (χ4v) is 6.47. The van der Waals surface area contributed by atoms with Crippen LogP contribution in [0, 0.1) is 29.1 Å². The number of allylic oxidation sites excluding steroid dienone is 4. The molecule has 0 unspecified atom stereocenters. The fourth-order valence-electron chi connectivity index (χ4n) is 6.47. The highest BCUT2D eigenvalue weighted by Gasteiger charge is 2.55. The minimum absolute atomic E-state index is 0.0677. The fraction of sp³-hybridized carbons (Fsp3) is 0.741. The van der Waals surface area contributed by atoms with Crippen molar-refractivity contribution in [3.8, 4) is 0 Å². The summed E-state index contributed by atoms with van der Waals surface area (Å²) in [6.07, 6.45) is 13.0. The van der Waals surface area contributed by atoms with Crippen molar-refractivity contribution < 1.29 is 15.0 Å². The van der Waals surface area contributed by atoms with Gasteiger partial charge in [-0.1, -0.05) is 70.4 Å². The van der Waals surface area contributed by atoms with E-state index in [0.29, 0.717) is 36.9 Å². The molecular weight excluding hydrogens is 372 g/mol. The van der Waals surface area contributed by atoms with Gasteiger partial charge in [0.05, 0.1) is 0 Å². The van der Waals surface area contributed by atoms with Gasteiger partial charge in [-0.25, -0.2) is 0 Å². The third kappa shape index (κ3) is 4.99. The minimum Gasteiger partial charge on any atom is -0.365 e. The van der Waals surface area contributed by atoms with Crippen LogP contribution in [0.5, 0.6) is 0 Å². The first-order valence-electron chi connectivity index (χ1n) is 12.1. The van der Waals surface area contributed by atoms with Gasteiger partial charge in [0.1, 0.15) is 5.78 Å². The largest absolute Gasteiger partial charge is 0.365 e. The molecule has 0 spiro atoms. The van der Waals surface area contributed by atoms with Crippen molar-refractivity contribution in [3.63, 3.8) is 0 Å². The highest BCUT2D eigenvalue weighted by Crippen LogP contribution is 2.58. The number of aliphatic hydroxyl groups is 2. The van der Waals surface area contributed by atoms with Gasteiger partial charge in [-0.05, 0) is 60.8 Å². The molecule has 0 aliphatic heterocycles. The van der Waals surface area contributed by atoms with Crippen LogP contribution >= 0.6 is 0 Å². The molecule has 3 fully saturated rings. The molecule has 4 atom stereocenters. The minimum atomic E-state index is -1.62. The second-order valence-electron chi connectivity index (χ2n) is 11.1. The van der Waals surface area contributed by atoms with Crippen molar-refractivity contribution in [2.45, 2.75) is 97.7 Å². The summed E-state index contributed by atoms with van der Waals surface area (Å²) < 4.78 is 0. The zero-order valence-corrected chi connectivity index (χ0v) is 19.5. The maximum atomic E-state index is 13.2. The number of ketones is 1. The Morgan fingerprint density at radius 2 is 1.87 bits per heavy atom. The molecular formula is C27H42O3. The Bertz CT molecular complexity index is 726. The molecule has 0 amide bonds. The molecule has 0 aromatic rings. The molecule has 3 heteroatoms. The number of hydrogen-bond acceptors (Lipinski definition) is 3. The second kappa shape index (κ2) is 9.12. The van der Waals surface area contributed by atoms with Crippen LogP contribution in [0.15, 0.2) is 35.5 Å². The van der Waals surface area contributed by atoms with E-state index in [2.05, 4.69) is 40.3 Å². The van der Waals surface area contributed by atoms with Crippen LogP contribution in [-0.4, -0.2) is 21.8 Å². The van der Waals surface area contributed by atoms with Crippen LogP contribution in [0.4, 0.5) is 0 Å². The SMILES string of the molecule is C=C1CCC(O)(O)C/C1=C/C=C1\CCC[C@@]2(C)[C@@H]([C@H](C)CCCC(C)C)C(=O)C[C@@H]12. The second-order valence-corrected chi connectivity index (χ2v) is 11.1. The number of hydrogen-bond donors (Lipinski definition) is 2. The quantitative estimate of drug-likeness (QED) is 0.515. The maximum Gasteiger partial charge on any atom is 0.166 e. The van der Waals surface area contributed by atoms with Gasteiger partial charge in [0, 0.05) is 25.2 Å². The molecule has 2 N–H and O–H groups in total. The molecule has 3 aliphatic carbocycles. The predicted molar refractivity (Wildman–Crippen MR) is 123 cm³/mol. The molecule has 3 aliphatic rings. The van der Waals surface area contributed by atoms with E-state index in [0.717, 1.165) is 42.7 Å². The van der Waals surface area contributed by atoms with Crippen LogP contribution in [0.3, 0.4) is 0 Å². The maximum absolute atomic E-state index is 13.2. The number of carbonyl (C=O) groups excluding carboxylic acids is 1.